The lowest BCUT2D eigenvalue weighted by Gasteiger charge is -2.25. The first-order valence-electron chi connectivity index (χ1n) is 6.15. The summed E-state index contributed by atoms with van der Waals surface area (Å²) >= 11 is 12.1. The van der Waals surface area contributed by atoms with E-state index in [-0.39, 0.29) is 30.4 Å². The van der Waals surface area contributed by atoms with Gasteiger partial charge < -0.3 is 15.4 Å². The molecule has 2 unspecified atom stereocenters. The molecule has 1 saturated heterocycles. The average Bonchev–Trinajstić information content (AvgIpc) is 2.42. The third kappa shape index (κ3) is 4.24. The van der Waals surface area contributed by atoms with Crippen LogP contribution in [0.1, 0.15) is 18.5 Å². The summed E-state index contributed by atoms with van der Waals surface area (Å²) in [5.41, 5.74) is 0.805. The van der Waals surface area contributed by atoms with Crippen LogP contribution in [-0.4, -0.2) is 31.7 Å². The molecule has 4 nitrogen and oxygen atoms in total. The molecule has 2 rings (SSSR count). The number of ether oxygens (including phenoxy) is 1. The molecule has 20 heavy (non-hydrogen) atoms. The third-order valence-corrected chi connectivity index (χ3v) is 3.88. The van der Waals surface area contributed by atoms with E-state index in [1.807, 2.05) is 19.1 Å². The number of benzene rings is 1. The molecule has 1 aromatic carbocycles. The average molecular weight is 340 g/mol. The predicted molar refractivity (Wildman–Crippen MR) is 82.9 cm³/mol. The molecule has 112 valence electrons. The molecule has 0 spiro atoms. The maximum absolute atomic E-state index is 12.0. The molecule has 0 aliphatic carbocycles. The van der Waals surface area contributed by atoms with Crippen molar-refractivity contribution in [2.24, 2.45) is 0 Å². The van der Waals surface area contributed by atoms with Gasteiger partial charge in [-0.05, 0) is 18.6 Å². The van der Waals surface area contributed by atoms with Crippen LogP contribution in [0.15, 0.2) is 18.2 Å². The number of rotatable bonds is 3. The monoisotopic (exact) mass is 338 g/mol. The summed E-state index contributed by atoms with van der Waals surface area (Å²) in [5, 5.41) is 6.98. The van der Waals surface area contributed by atoms with E-state index in [1.165, 1.54) is 0 Å². The standard InChI is InChI=1S/C13H16Cl2N2O2.ClH/c1-8(9-3-2-4-10(14)12(9)15)17-13(18)11-7-19-6-5-16-11;/h2-4,8,11,16H,5-7H2,1H3,(H,17,18);1H. The van der Waals surface area contributed by atoms with Crippen molar-refractivity contribution in [3.8, 4) is 0 Å². The van der Waals surface area contributed by atoms with Gasteiger partial charge in [0.25, 0.3) is 0 Å². The van der Waals surface area contributed by atoms with Crippen molar-refractivity contribution in [1.29, 1.82) is 0 Å². The number of morpholine rings is 1. The van der Waals surface area contributed by atoms with Crippen LogP contribution >= 0.6 is 35.6 Å². The Morgan fingerprint density at radius 3 is 2.90 bits per heavy atom. The summed E-state index contributed by atoms with van der Waals surface area (Å²) in [6, 6.07) is 4.87. The number of amides is 1. The topological polar surface area (TPSA) is 50.4 Å². The number of halogens is 3. The normalized spacial score (nSPS) is 19.9. The molecule has 1 amide bonds. The van der Waals surface area contributed by atoms with Gasteiger partial charge in [0.1, 0.15) is 6.04 Å². The molecule has 2 atom stereocenters. The van der Waals surface area contributed by atoms with Gasteiger partial charge in [0.05, 0.1) is 29.3 Å². The molecule has 7 heteroatoms. The fourth-order valence-electron chi connectivity index (χ4n) is 1.98. The zero-order valence-corrected chi connectivity index (χ0v) is 13.3. The second kappa shape index (κ2) is 8.05. The zero-order valence-electron chi connectivity index (χ0n) is 11.0. The highest BCUT2D eigenvalue weighted by atomic mass is 35.5. The lowest BCUT2D eigenvalue weighted by Crippen LogP contribution is -2.51. The summed E-state index contributed by atoms with van der Waals surface area (Å²) in [6.07, 6.45) is 0. The van der Waals surface area contributed by atoms with Crippen molar-refractivity contribution in [3.63, 3.8) is 0 Å². The van der Waals surface area contributed by atoms with Crippen LogP contribution in [0, 0.1) is 0 Å². The molecule has 2 N–H and O–H groups in total. The SMILES string of the molecule is CC(NC(=O)C1COCCN1)c1cccc(Cl)c1Cl.Cl. The molecular formula is C13H17Cl3N2O2. The molecule has 1 heterocycles. The minimum absolute atomic E-state index is 0. The highest BCUT2D eigenvalue weighted by Crippen LogP contribution is 2.29. The Kier molecular flexibility index (Phi) is 7.06. The van der Waals surface area contributed by atoms with Crippen LogP contribution in [0.25, 0.3) is 0 Å². The van der Waals surface area contributed by atoms with Crippen LogP contribution in [-0.2, 0) is 9.53 Å². The van der Waals surface area contributed by atoms with Gasteiger partial charge in [-0.15, -0.1) is 12.4 Å². The van der Waals surface area contributed by atoms with E-state index in [0.29, 0.717) is 29.8 Å². The van der Waals surface area contributed by atoms with E-state index in [0.717, 1.165) is 5.56 Å². The van der Waals surface area contributed by atoms with Gasteiger partial charge in [0.2, 0.25) is 5.91 Å². The summed E-state index contributed by atoms with van der Waals surface area (Å²) in [5.74, 6) is -0.0942. The Bertz CT molecular complexity index is 465. The summed E-state index contributed by atoms with van der Waals surface area (Å²) in [7, 11) is 0. The van der Waals surface area contributed by atoms with E-state index in [1.54, 1.807) is 6.07 Å². The molecule has 1 aromatic rings. The van der Waals surface area contributed by atoms with E-state index < -0.39 is 0 Å². The fraction of sp³-hybridized carbons (Fsp3) is 0.462. The smallest absolute Gasteiger partial charge is 0.240 e. The van der Waals surface area contributed by atoms with Gasteiger partial charge in [-0.1, -0.05) is 35.3 Å². The summed E-state index contributed by atoms with van der Waals surface area (Å²) in [4.78, 5) is 12.0. The van der Waals surface area contributed by atoms with Gasteiger partial charge in [-0.2, -0.15) is 0 Å². The van der Waals surface area contributed by atoms with Gasteiger partial charge in [0, 0.05) is 6.54 Å². The highest BCUT2D eigenvalue weighted by molar-refractivity contribution is 6.42. The highest BCUT2D eigenvalue weighted by Gasteiger charge is 2.23. The number of nitrogens with one attached hydrogen (secondary N) is 2. The maximum Gasteiger partial charge on any atom is 0.240 e. The van der Waals surface area contributed by atoms with Gasteiger partial charge >= 0.3 is 0 Å². The van der Waals surface area contributed by atoms with Crippen molar-refractivity contribution in [2.45, 2.75) is 19.0 Å². The zero-order chi connectivity index (χ0) is 13.8. The second-order valence-corrected chi connectivity index (χ2v) is 5.24. The quantitative estimate of drug-likeness (QED) is 0.890. The van der Waals surface area contributed by atoms with Crippen LogP contribution < -0.4 is 10.6 Å². The largest absolute Gasteiger partial charge is 0.378 e. The lowest BCUT2D eigenvalue weighted by molar-refractivity contribution is -0.126. The van der Waals surface area contributed by atoms with Gasteiger partial charge in [0.15, 0.2) is 0 Å². The van der Waals surface area contributed by atoms with Crippen molar-refractivity contribution < 1.29 is 9.53 Å². The summed E-state index contributed by atoms with van der Waals surface area (Å²) < 4.78 is 5.26. The Morgan fingerprint density at radius 2 is 2.25 bits per heavy atom. The first kappa shape index (κ1) is 17.5. The Labute approximate surface area is 134 Å². The Hall–Kier alpha value is -0.520. The number of hydrogen-bond donors (Lipinski definition) is 2. The van der Waals surface area contributed by atoms with Crippen molar-refractivity contribution in [2.75, 3.05) is 19.8 Å². The number of carbonyl (C=O) groups excluding carboxylic acids is 1. The van der Waals surface area contributed by atoms with Crippen LogP contribution in [0.2, 0.25) is 10.0 Å². The number of hydrogen-bond acceptors (Lipinski definition) is 3. The number of carbonyl (C=O) groups is 1. The molecule has 0 aromatic heterocycles. The van der Waals surface area contributed by atoms with Crippen LogP contribution in [0.3, 0.4) is 0 Å². The van der Waals surface area contributed by atoms with E-state index >= 15 is 0 Å². The van der Waals surface area contributed by atoms with Gasteiger partial charge in [-0.25, -0.2) is 0 Å². The molecule has 0 saturated carbocycles. The van der Waals surface area contributed by atoms with Crippen LogP contribution in [0.5, 0.6) is 0 Å². The van der Waals surface area contributed by atoms with E-state index in [9.17, 15) is 4.79 Å². The molecule has 1 aliphatic heterocycles. The predicted octanol–water partition coefficient (Wildman–Crippen LogP) is 2.58. The van der Waals surface area contributed by atoms with Gasteiger partial charge in [-0.3, -0.25) is 4.79 Å². The Balaban J connectivity index is 0.00000200. The molecular weight excluding hydrogens is 323 g/mol. The van der Waals surface area contributed by atoms with Crippen LogP contribution in [0.4, 0.5) is 0 Å². The first-order chi connectivity index (χ1) is 9.09. The van der Waals surface area contributed by atoms with Crippen molar-refractivity contribution in [1.82, 2.24) is 10.6 Å². The third-order valence-electron chi connectivity index (χ3n) is 3.04. The molecule has 1 aliphatic rings. The van der Waals surface area contributed by atoms with E-state index in [2.05, 4.69) is 10.6 Å². The molecule has 0 radical (unpaired) electrons. The lowest BCUT2D eigenvalue weighted by atomic mass is 10.1. The Morgan fingerprint density at radius 1 is 1.50 bits per heavy atom. The van der Waals surface area contributed by atoms with Crippen molar-refractivity contribution >= 4 is 41.5 Å². The minimum Gasteiger partial charge on any atom is -0.378 e. The minimum atomic E-state index is -0.311. The maximum atomic E-state index is 12.0. The van der Waals surface area contributed by atoms with E-state index in [4.69, 9.17) is 27.9 Å². The first-order valence-corrected chi connectivity index (χ1v) is 6.90. The fourth-order valence-corrected chi connectivity index (χ4v) is 2.45. The molecule has 1 fully saturated rings. The molecule has 0 bridgehead atoms. The van der Waals surface area contributed by atoms with Crippen molar-refractivity contribution in [3.05, 3.63) is 33.8 Å². The second-order valence-electron chi connectivity index (χ2n) is 4.45. The summed E-state index contributed by atoms with van der Waals surface area (Å²) in [6.45, 7) is 3.59.